The van der Waals surface area contributed by atoms with Crippen molar-refractivity contribution in [3.05, 3.63) is 64.9 Å². The second kappa shape index (κ2) is 6.44. The number of aromatic nitrogens is 2. The lowest BCUT2D eigenvalue weighted by molar-refractivity contribution is 0.0993. The van der Waals surface area contributed by atoms with Crippen LogP contribution in [-0.4, -0.2) is 23.2 Å². The molecule has 0 aliphatic heterocycles. The normalized spacial score (nSPS) is 10.6. The van der Waals surface area contributed by atoms with Crippen molar-refractivity contribution < 1.29 is 9.18 Å². The summed E-state index contributed by atoms with van der Waals surface area (Å²) >= 11 is 7.04. The minimum Gasteiger partial charge on any atom is -0.286 e. The topological polar surface area (TPSA) is 46.1 Å². The average Bonchev–Trinajstić information content (AvgIpc) is 3.04. The zero-order valence-electron chi connectivity index (χ0n) is 12.0. The molecule has 0 bridgehead atoms. The molecular weight excluding hydrogens is 337 g/mol. The molecule has 0 aliphatic rings. The first kappa shape index (κ1) is 15.6. The quantitative estimate of drug-likeness (QED) is 0.710. The Labute approximate surface area is 141 Å². The van der Waals surface area contributed by atoms with Crippen LogP contribution in [-0.2, 0) is 0 Å². The second-order valence-corrected chi connectivity index (χ2v) is 6.16. The van der Waals surface area contributed by atoms with Gasteiger partial charge in [-0.2, -0.15) is 0 Å². The summed E-state index contributed by atoms with van der Waals surface area (Å²) in [7, 11) is 1.62. The summed E-state index contributed by atoms with van der Waals surface area (Å²) < 4.78 is 13.3. The molecule has 0 atom stereocenters. The molecular formula is C16H11ClFN3OS. The molecule has 2 aromatic carbocycles. The third-order valence-electron chi connectivity index (χ3n) is 3.17. The molecule has 0 saturated carbocycles. The van der Waals surface area contributed by atoms with Gasteiger partial charge in [-0.15, -0.1) is 10.2 Å². The Morgan fingerprint density at radius 3 is 2.61 bits per heavy atom. The van der Waals surface area contributed by atoms with Crippen LogP contribution in [0.2, 0.25) is 5.02 Å². The van der Waals surface area contributed by atoms with Gasteiger partial charge >= 0.3 is 0 Å². The maximum absolute atomic E-state index is 13.3. The van der Waals surface area contributed by atoms with Crippen LogP contribution in [0.25, 0.3) is 10.6 Å². The zero-order valence-corrected chi connectivity index (χ0v) is 13.6. The Kier molecular flexibility index (Phi) is 4.36. The van der Waals surface area contributed by atoms with Gasteiger partial charge in [-0.3, -0.25) is 9.69 Å². The van der Waals surface area contributed by atoms with E-state index in [0.29, 0.717) is 26.3 Å². The predicted molar refractivity (Wildman–Crippen MR) is 89.5 cm³/mol. The summed E-state index contributed by atoms with van der Waals surface area (Å²) in [5.74, 6) is -0.562. The van der Waals surface area contributed by atoms with E-state index in [2.05, 4.69) is 10.2 Å². The smallest absolute Gasteiger partial charge is 0.259 e. The highest BCUT2D eigenvalue weighted by Gasteiger charge is 2.18. The van der Waals surface area contributed by atoms with Crippen molar-refractivity contribution in [3.63, 3.8) is 0 Å². The molecule has 7 heteroatoms. The van der Waals surface area contributed by atoms with Gasteiger partial charge in [-0.05, 0) is 36.4 Å². The van der Waals surface area contributed by atoms with E-state index in [4.69, 9.17) is 11.6 Å². The minimum absolute atomic E-state index is 0.219. The Bertz CT molecular complexity index is 851. The summed E-state index contributed by atoms with van der Waals surface area (Å²) in [4.78, 5) is 13.8. The molecule has 3 aromatic rings. The fourth-order valence-electron chi connectivity index (χ4n) is 1.96. The Balaban J connectivity index is 1.84. The first-order valence-corrected chi connectivity index (χ1v) is 7.87. The molecule has 0 fully saturated rings. The number of carbonyl (C=O) groups is 1. The lowest BCUT2D eigenvalue weighted by Gasteiger charge is -2.12. The molecule has 1 amide bonds. The molecule has 0 unspecified atom stereocenters. The summed E-state index contributed by atoms with van der Waals surface area (Å²) in [6.45, 7) is 0. The molecule has 4 nitrogen and oxygen atoms in total. The van der Waals surface area contributed by atoms with Gasteiger partial charge in [0.1, 0.15) is 10.8 Å². The van der Waals surface area contributed by atoms with Crippen LogP contribution in [0.15, 0.2) is 48.5 Å². The first-order valence-electron chi connectivity index (χ1n) is 6.67. The molecule has 0 spiro atoms. The third kappa shape index (κ3) is 3.38. The standard InChI is InChI=1S/C16H11ClFN3OS/c1-21(15(22)10-5-7-12(17)8-6-10)16-20-19-14(23-16)11-3-2-4-13(18)9-11/h2-9H,1H3. The Hall–Kier alpha value is -2.31. The van der Waals surface area contributed by atoms with Crippen LogP contribution in [0, 0.1) is 5.82 Å². The van der Waals surface area contributed by atoms with Gasteiger partial charge in [0, 0.05) is 23.2 Å². The van der Waals surface area contributed by atoms with E-state index in [9.17, 15) is 9.18 Å². The number of anilines is 1. The van der Waals surface area contributed by atoms with Crippen molar-refractivity contribution in [3.8, 4) is 10.6 Å². The highest BCUT2D eigenvalue weighted by Crippen LogP contribution is 2.29. The van der Waals surface area contributed by atoms with Crippen molar-refractivity contribution in [1.82, 2.24) is 10.2 Å². The van der Waals surface area contributed by atoms with Crippen molar-refractivity contribution in [2.75, 3.05) is 11.9 Å². The highest BCUT2D eigenvalue weighted by molar-refractivity contribution is 7.18. The van der Waals surface area contributed by atoms with E-state index in [-0.39, 0.29) is 11.7 Å². The van der Waals surface area contributed by atoms with E-state index in [1.807, 2.05) is 0 Å². The lowest BCUT2D eigenvalue weighted by atomic mass is 10.2. The van der Waals surface area contributed by atoms with E-state index in [1.54, 1.807) is 43.4 Å². The molecule has 0 radical (unpaired) electrons. The molecule has 0 aliphatic carbocycles. The van der Waals surface area contributed by atoms with Gasteiger partial charge in [-0.1, -0.05) is 35.1 Å². The fourth-order valence-corrected chi connectivity index (χ4v) is 2.89. The fraction of sp³-hybridized carbons (Fsp3) is 0.0625. The summed E-state index contributed by atoms with van der Waals surface area (Å²) in [5.41, 5.74) is 1.13. The highest BCUT2D eigenvalue weighted by atomic mass is 35.5. The summed E-state index contributed by atoms with van der Waals surface area (Å²) in [6.07, 6.45) is 0. The zero-order chi connectivity index (χ0) is 16.4. The number of hydrogen-bond donors (Lipinski definition) is 0. The molecule has 0 saturated heterocycles. The molecule has 3 rings (SSSR count). The second-order valence-electron chi connectivity index (χ2n) is 4.77. The van der Waals surface area contributed by atoms with Crippen molar-refractivity contribution in [2.45, 2.75) is 0 Å². The van der Waals surface area contributed by atoms with Crippen molar-refractivity contribution in [2.24, 2.45) is 0 Å². The number of carbonyl (C=O) groups excluding carboxylic acids is 1. The van der Waals surface area contributed by atoms with Crippen LogP contribution in [0.5, 0.6) is 0 Å². The van der Waals surface area contributed by atoms with Gasteiger partial charge in [0.15, 0.2) is 0 Å². The third-order valence-corrected chi connectivity index (χ3v) is 4.47. The monoisotopic (exact) mass is 347 g/mol. The van der Waals surface area contributed by atoms with Gasteiger partial charge in [0.05, 0.1) is 0 Å². The predicted octanol–water partition coefficient (Wildman–Crippen LogP) is 4.27. The molecule has 23 heavy (non-hydrogen) atoms. The summed E-state index contributed by atoms with van der Waals surface area (Å²) in [5, 5.41) is 9.59. The van der Waals surface area contributed by atoms with E-state index >= 15 is 0 Å². The minimum atomic E-state index is -0.343. The number of hydrogen-bond acceptors (Lipinski definition) is 4. The SMILES string of the molecule is CN(C(=O)c1ccc(Cl)cc1)c1nnc(-c2cccc(F)c2)s1. The maximum atomic E-state index is 13.3. The van der Waals surface area contributed by atoms with Gasteiger partial charge in [0.25, 0.3) is 5.91 Å². The number of nitrogens with zero attached hydrogens (tertiary/aromatic N) is 3. The van der Waals surface area contributed by atoms with E-state index in [1.165, 1.54) is 28.4 Å². The van der Waals surface area contributed by atoms with Gasteiger partial charge in [-0.25, -0.2) is 4.39 Å². The summed E-state index contributed by atoms with van der Waals surface area (Å²) in [6, 6.07) is 12.7. The van der Waals surface area contributed by atoms with Crippen LogP contribution >= 0.6 is 22.9 Å². The molecule has 0 N–H and O–H groups in total. The lowest BCUT2D eigenvalue weighted by Crippen LogP contribution is -2.26. The Morgan fingerprint density at radius 2 is 1.91 bits per heavy atom. The first-order chi connectivity index (χ1) is 11.0. The van der Waals surface area contributed by atoms with Crippen LogP contribution in [0.4, 0.5) is 9.52 Å². The number of benzene rings is 2. The van der Waals surface area contributed by atoms with Gasteiger partial charge < -0.3 is 0 Å². The van der Waals surface area contributed by atoms with E-state index in [0.717, 1.165) is 0 Å². The number of halogens is 2. The van der Waals surface area contributed by atoms with E-state index < -0.39 is 0 Å². The maximum Gasteiger partial charge on any atom is 0.259 e. The molecule has 1 heterocycles. The average molecular weight is 348 g/mol. The number of amides is 1. The Morgan fingerprint density at radius 1 is 1.17 bits per heavy atom. The van der Waals surface area contributed by atoms with Crippen molar-refractivity contribution >= 4 is 34.0 Å². The van der Waals surface area contributed by atoms with Crippen molar-refractivity contribution in [1.29, 1.82) is 0 Å². The van der Waals surface area contributed by atoms with Crippen LogP contribution in [0.1, 0.15) is 10.4 Å². The number of rotatable bonds is 3. The largest absolute Gasteiger partial charge is 0.286 e. The molecule has 1 aromatic heterocycles. The van der Waals surface area contributed by atoms with Crippen LogP contribution < -0.4 is 4.90 Å². The van der Waals surface area contributed by atoms with Crippen LogP contribution in [0.3, 0.4) is 0 Å². The molecule has 116 valence electrons. The van der Waals surface area contributed by atoms with Gasteiger partial charge in [0.2, 0.25) is 5.13 Å².